The van der Waals surface area contributed by atoms with Gasteiger partial charge in [-0.25, -0.2) is 4.98 Å². The molecule has 0 bridgehead atoms. The van der Waals surface area contributed by atoms with E-state index in [-0.39, 0.29) is 0 Å². The number of nitrogens with zero attached hydrogens (tertiary/aromatic N) is 2. The maximum atomic E-state index is 6.25. The van der Waals surface area contributed by atoms with Gasteiger partial charge in [-0.05, 0) is 42.9 Å². The van der Waals surface area contributed by atoms with Gasteiger partial charge in [0, 0.05) is 19.3 Å². The first kappa shape index (κ1) is 16.1. The van der Waals surface area contributed by atoms with E-state index in [1.54, 1.807) is 6.20 Å². The van der Waals surface area contributed by atoms with Gasteiger partial charge in [0.05, 0.1) is 11.6 Å². The van der Waals surface area contributed by atoms with E-state index in [9.17, 15) is 0 Å². The average Bonchev–Trinajstić information content (AvgIpc) is 3.24. The molecule has 1 aliphatic carbocycles. The number of nitrogens with one attached hydrogen (secondary N) is 1. The number of hydrogen-bond donors (Lipinski definition) is 1. The van der Waals surface area contributed by atoms with Gasteiger partial charge in [0.2, 0.25) is 0 Å². The number of halogens is 1. The molecule has 0 amide bonds. The fourth-order valence-electron chi connectivity index (χ4n) is 2.23. The molecule has 1 heterocycles. The zero-order chi connectivity index (χ0) is 15.2. The first-order valence-corrected chi connectivity index (χ1v) is 8.01. The molecule has 0 aromatic carbocycles. The molecule has 0 spiro atoms. The lowest BCUT2D eigenvalue weighted by Crippen LogP contribution is -2.27. The summed E-state index contributed by atoms with van der Waals surface area (Å²) in [7, 11) is 0. The van der Waals surface area contributed by atoms with Crippen LogP contribution in [0.3, 0.4) is 0 Å². The Kier molecular flexibility index (Phi) is 5.90. The maximum absolute atomic E-state index is 6.25. The minimum Gasteiger partial charge on any atom is -0.345 e. The summed E-state index contributed by atoms with van der Waals surface area (Å²) in [5, 5.41) is 4.13. The highest BCUT2D eigenvalue weighted by atomic mass is 35.5. The standard InChI is InChI=1S/C17H24ClN3/c1-4-7-21(12-14-5-6-14)17-8-15(16(18)11-20-17)10-19-9-13(2)3/h1,8,11,13-14,19H,5-7,9-10,12H2,2-3H3. The van der Waals surface area contributed by atoms with E-state index in [4.69, 9.17) is 18.0 Å². The highest BCUT2D eigenvalue weighted by molar-refractivity contribution is 6.31. The lowest BCUT2D eigenvalue weighted by Gasteiger charge is -2.22. The number of aromatic nitrogens is 1. The van der Waals surface area contributed by atoms with Crippen molar-refractivity contribution in [2.75, 3.05) is 24.5 Å². The van der Waals surface area contributed by atoms with Gasteiger partial charge in [0.15, 0.2) is 0 Å². The molecule has 1 aromatic heterocycles. The van der Waals surface area contributed by atoms with E-state index >= 15 is 0 Å². The molecule has 0 atom stereocenters. The second-order valence-corrected chi connectivity index (χ2v) is 6.59. The van der Waals surface area contributed by atoms with Crippen molar-refractivity contribution in [3.63, 3.8) is 0 Å². The third-order valence-corrected chi connectivity index (χ3v) is 3.91. The second kappa shape index (κ2) is 7.68. The zero-order valence-electron chi connectivity index (χ0n) is 12.9. The Morgan fingerprint density at radius 1 is 1.52 bits per heavy atom. The number of terminal acetylenes is 1. The smallest absolute Gasteiger partial charge is 0.129 e. The molecular weight excluding hydrogens is 282 g/mol. The largest absolute Gasteiger partial charge is 0.345 e. The quantitative estimate of drug-likeness (QED) is 0.747. The Hall–Kier alpha value is -1.24. The van der Waals surface area contributed by atoms with Gasteiger partial charge < -0.3 is 10.2 Å². The molecule has 1 saturated carbocycles. The van der Waals surface area contributed by atoms with Crippen molar-refractivity contribution in [3.8, 4) is 12.3 Å². The van der Waals surface area contributed by atoms with Crippen molar-refractivity contribution in [1.82, 2.24) is 10.3 Å². The third-order valence-electron chi connectivity index (χ3n) is 3.57. The van der Waals surface area contributed by atoms with E-state index in [2.05, 4.69) is 41.0 Å². The first-order chi connectivity index (χ1) is 10.1. The van der Waals surface area contributed by atoms with Crippen molar-refractivity contribution >= 4 is 17.4 Å². The van der Waals surface area contributed by atoms with Crippen LogP contribution >= 0.6 is 11.6 Å². The van der Waals surface area contributed by atoms with Gasteiger partial charge in [0.1, 0.15) is 5.82 Å². The van der Waals surface area contributed by atoms with Crippen LogP contribution in [0.2, 0.25) is 5.02 Å². The van der Waals surface area contributed by atoms with Crippen LogP contribution in [0.25, 0.3) is 0 Å². The number of anilines is 1. The van der Waals surface area contributed by atoms with Crippen LogP contribution < -0.4 is 10.2 Å². The minimum absolute atomic E-state index is 0.601. The summed E-state index contributed by atoms with van der Waals surface area (Å²) in [5.74, 6) is 5.06. The molecule has 0 saturated heterocycles. The number of rotatable bonds is 8. The average molecular weight is 306 g/mol. The summed E-state index contributed by atoms with van der Waals surface area (Å²) in [5.41, 5.74) is 1.08. The van der Waals surface area contributed by atoms with Crippen LogP contribution in [0.1, 0.15) is 32.3 Å². The van der Waals surface area contributed by atoms with Crippen LogP contribution in [0, 0.1) is 24.2 Å². The Balaban J connectivity index is 2.05. The minimum atomic E-state index is 0.601. The third kappa shape index (κ3) is 5.22. The van der Waals surface area contributed by atoms with E-state index < -0.39 is 0 Å². The summed E-state index contributed by atoms with van der Waals surface area (Å²) in [6.07, 6.45) is 9.83. The SMILES string of the molecule is C#CCN(CC1CC1)c1cc(CNCC(C)C)c(Cl)cn1. The molecule has 1 aromatic rings. The summed E-state index contributed by atoms with van der Waals surface area (Å²) in [6.45, 7) is 7.72. The maximum Gasteiger partial charge on any atom is 0.129 e. The van der Waals surface area contributed by atoms with Crippen molar-refractivity contribution in [1.29, 1.82) is 0 Å². The topological polar surface area (TPSA) is 28.2 Å². The summed E-state index contributed by atoms with van der Waals surface area (Å²) in [4.78, 5) is 6.63. The van der Waals surface area contributed by atoms with E-state index in [0.717, 1.165) is 36.9 Å². The van der Waals surface area contributed by atoms with Crippen LogP contribution in [0.4, 0.5) is 5.82 Å². The molecule has 4 heteroatoms. The van der Waals surface area contributed by atoms with E-state index in [1.165, 1.54) is 12.8 Å². The molecule has 3 nitrogen and oxygen atoms in total. The molecule has 21 heavy (non-hydrogen) atoms. The molecule has 1 N–H and O–H groups in total. The Morgan fingerprint density at radius 2 is 2.29 bits per heavy atom. The molecule has 1 fully saturated rings. The van der Waals surface area contributed by atoms with E-state index in [1.807, 2.05) is 0 Å². The molecular formula is C17H24ClN3. The fraction of sp³-hybridized carbons (Fsp3) is 0.588. The fourth-order valence-corrected chi connectivity index (χ4v) is 2.40. The predicted octanol–water partition coefficient (Wildman–Crippen LogP) is 3.33. The summed E-state index contributed by atoms with van der Waals surface area (Å²) >= 11 is 6.25. The van der Waals surface area contributed by atoms with Crippen molar-refractivity contribution in [3.05, 3.63) is 22.8 Å². The van der Waals surface area contributed by atoms with E-state index in [0.29, 0.717) is 17.5 Å². The molecule has 0 aliphatic heterocycles. The lowest BCUT2D eigenvalue weighted by atomic mass is 10.2. The van der Waals surface area contributed by atoms with Gasteiger partial charge in [-0.1, -0.05) is 31.4 Å². The predicted molar refractivity (Wildman–Crippen MR) is 89.6 cm³/mol. The van der Waals surface area contributed by atoms with Crippen molar-refractivity contribution in [2.24, 2.45) is 11.8 Å². The van der Waals surface area contributed by atoms with Crippen LogP contribution in [-0.2, 0) is 6.54 Å². The molecule has 114 valence electrons. The monoisotopic (exact) mass is 305 g/mol. The molecule has 2 rings (SSSR count). The molecule has 1 aliphatic rings. The van der Waals surface area contributed by atoms with Gasteiger partial charge in [-0.2, -0.15) is 0 Å². The van der Waals surface area contributed by atoms with Gasteiger partial charge >= 0.3 is 0 Å². The second-order valence-electron chi connectivity index (χ2n) is 6.19. The number of pyridine rings is 1. The Bertz CT molecular complexity index is 503. The Morgan fingerprint density at radius 3 is 2.90 bits per heavy atom. The zero-order valence-corrected chi connectivity index (χ0v) is 13.7. The summed E-state index contributed by atoms with van der Waals surface area (Å²) in [6, 6.07) is 2.06. The van der Waals surface area contributed by atoms with Crippen LogP contribution in [0.15, 0.2) is 12.3 Å². The normalized spacial score (nSPS) is 14.2. The van der Waals surface area contributed by atoms with Crippen molar-refractivity contribution in [2.45, 2.75) is 33.2 Å². The van der Waals surface area contributed by atoms with Gasteiger partial charge in [-0.15, -0.1) is 6.42 Å². The molecule has 0 radical (unpaired) electrons. The van der Waals surface area contributed by atoms with Crippen LogP contribution in [-0.4, -0.2) is 24.6 Å². The van der Waals surface area contributed by atoms with Crippen LogP contribution in [0.5, 0.6) is 0 Å². The first-order valence-electron chi connectivity index (χ1n) is 7.63. The molecule has 0 unspecified atom stereocenters. The Labute approximate surface area is 133 Å². The van der Waals surface area contributed by atoms with Gasteiger partial charge in [0.25, 0.3) is 0 Å². The lowest BCUT2D eigenvalue weighted by molar-refractivity contribution is 0.552. The highest BCUT2D eigenvalue weighted by Crippen LogP contribution is 2.31. The van der Waals surface area contributed by atoms with Crippen molar-refractivity contribution < 1.29 is 0 Å². The van der Waals surface area contributed by atoms with Gasteiger partial charge in [-0.3, -0.25) is 0 Å². The summed E-state index contributed by atoms with van der Waals surface area (Å²) < 4.78 is 0. The number of hydrogen-bond acceptors (Lipinski definition) is 3. The highest BCUT2D eigenvalue weighted by Gasteiger charge is 2.24.